The topological polar surface area (TPSA) is 132 Å². The van der Waals surface area contributed by atoms with Gasteiger partial charge in [0.25, 0.3) is 5.91 Å². The zero-order chi connectivity index (χ0) is 30.2. The Morgan fingerprint density at radius 1 is 1.02 bits per heavy atom. The number of urea groups is 2. The molecule has 1 heterocycles. The van der Waals surface area contributed by atoms with Crippen LogP contribution in [0.15, 0.2) is 72.8 Å². The van der Waals surface area contributed by atoms with Crippen LogP contribution in [0.4, 0.5) is 26.7 Å². The first-order valence-corrected chi connectivity index (χ1v) is 13.7. The summed E-state index contributed by atoms with van der Waals surface area (Å²) >= 11 is 0. The Balaban J connectivity index is 1.54. The summed E-state index contributed by atoms with van der Waals surface area (Å²) in [5.41, 5.74) is 1.87. The molecule has 1 aliphatic rings. The molecule has 4 rings (SSSR count). The minimum atomic E-state index is -0.488. The fraction of sp³-hybridized carbons (Fsp3) is 0.323. The van der Waals surface area contributed by atoms with Gasteiger partial charge >= 0.3 is 12.1 Å². The molecule has 11 nitrogen and oxygen atoms in total. The fourth-order valence-electron chi connectivity index (χ4n) is 4.58. The molecule has 0 saturated heterocycles. The fourth-order valence-corrected chi connectivity index (χ4v) is 4.58. The van der Waals surface area contributed by atoms with Crippen molar-refractivity contribution >= 4 is 35.0 Å². The maximum absolute atomic E-state index is 13.7. The Morgan fingerprint density at radius 2 is 1.67 bits per heavy atom. The highest BCUT2D eigenvalue weighted by molar-refractivity contribution is 6.02. The van der Waals surface area contributed by atoms with Crippen molar-refractivity contribution < 1.29 is 29.0 Å². The summed E-state index contributed by atoms with van der Waals surface area (Å²) < 4.78 is 11.5. The molecular formula is C31H37N5O6. The molecule has 0 aliphatic carbocycles. The van der Waals surface area contributed by atoms with Crippen LogP contribution in [0.1, 0.15) is 24.2 Å². The van der Waals surface area contributed by atoms with Gasteiger partial charge in [0, 0.05) is 36.6 Å². The molecular weight excluding hydrogens is 538 g/mol. The van der Waals surface area contributed by atoms with Crippen molar-refractivity contribution in [1.29, 1.82) is 0 Å². The maximum Gasteiger partial charge on any atom is 0.323 e. The number of carbonyl (C=O) groups is 3. The second-order valence-corrected chi connectivity index (χ2v) is 10.3. The lowest BCUT2D eigenvalue weighted by Crippen LogP contribution is -2.50. The van der Waals surface area contributed by atoms with Gasteiger partial charge in [-0.25, -0.2) is 9.59 Å². The first-order valence-electron chi connectivity index (χ1n) is 13.7. The Morgan fingerprint density at radius 3 is 2.33 bits per heavy atom. The number of anilines is 3. The van der Waals surface area contributed by atoms with Gasteiger partial charge < -0.3 is 40.3 Å². The summed E-state index contributed by atoms with van der Waals surface area (Å²) in [5, 5.41) is 18.3. The van der Waals surface area contributed by atoms with E-state index in [1.54, 1.807) is 80.6 Å². The second-order valence-electron chi connectivity index (χ2n) is 10.3. The SMILES string of the molecule is COc1ccc(NC(=O)Nc2ccc3c(c2)C(=O)N([C@@H](C)CO)C[C@@H](C)[C@@H](CN(C)C(=O)Nc2ccccc2)O3)cc1. The van der Waals surface area contributed by atoms with Gasteiger partial charge in [0.05, 0.1) is 31.9 Å². The number of amides is 5. The molecule has 0 aromatic heterocycles. The van der Waals surface area contributed by atoms with Crippen LogP contribution in [-0.4, -0.2) is 78.9 Å². The van der Waals surface area contributed by atoms with E-state index < -0.39 is 18.2 Å². The zero-order valence-electron chi connectivity index (χ0n) is 24.2. The van der Waals surface area contributed by atoms with Crippen molar-refractivity contribution in [2.45, 2.75) is 26.0 Å². The van der Waals surface area contributed by atoms with E-state index in [9.17, 15) is 19.5 Å². The van der Waals surface area contributed by atoms with Crippen molar-refractivity contribution in [3.05, 3.63) is 78.4 Å². The molecule has 0 saturated carbocycles. The van der Waals surface area contributed by atoms with Crippen LogP contribution in [0.2, 0.25) is 0 Å². The van der Waals surface area contributed by atoms with Gasteiger partial charge in [-0.2, -0.15) is 0 Å². The molecule has 3 atom stereocenters. The Labute approximate surface area is 245 Å². The molecule has 1 aliphatic heterocycles. The lowest BCUT2D eigenvalue weighted by Gasteiger charge is -2.38. The van der Waals surface area contributed by atoms with E-state index in [1.165, 1.54) is 4.90 Å². The quantitative estimate of drug-likeness (QED) is 0.307. The van der Waals surface area contributed by atoms with E-state index in [2.05, 4.69) is 16.0 Å². The van der Waals surface area contributed by atoms with Crippen molar-refractivity contribution in [2.75, 3.05) is 49.8 Å². The van der Waals surface area contributed by atoms with Gasteiger partial charge in [0.15, 0.2) is 0 Å². The van der Waals surface area contributed by atoms with Crippen LogP contribution in [-0.2, 0) is 0 Å². The third-order valence-electron chi connectivity index (χ3n) is 7.10. The predicted octanol–water partition coefficient (Wildman–Crippen LogP) is 4.72. The number of para-hydroxylation sites is 1. The molecule has 3 aromatic carbocycles. The number of hydrogen-bond acceptors (Lipinski definition) is 6. The van der Waals surface area contributed by atoms with Gasteiger partial charge in [0.1, 0.15) is 17.6 Å². The van der Waals surface area contributed by atoms with E-state index in [4.69, 9.17) is 9.47 Å². The molecule has 0 spiro atoms. The number of benzene rings is 3. The average Bonchev–Trinajstić information content (AvgIpc) is 2.99. The zero-order valence-corrected chi connectivity index (χ0v) is 24.2. The van der Waals surface area contributed by atoms with Crippen molar-refractivity contribution in [3.8, 4) is 11.5 Å². The lowest BCUT2D eigenvalue weighted by atomic mass is 9.99. The molecule has 0 radical (unpaired) electrons. The normalized spacial score (nSPS) is 17.1. The van der Waals surface area contributed by atoms with Crippen molar-refractivity contribution in [3.63, 3.8) is 0 Å². The Kier molecular flexibility index (Phi) is 9.87. The minimum Gasteiger partial charge on any atom is -0.497 e. The summed E-state index contributed by atoms with van der Waals surface area (Å²) in [5.74, 6) is 0.491. The van der Waals surface area contributed by atoms with Crippen LogP contribution in [0, 0.1) is 5.92 Å². The minimum absolute atomic E-state index is 0.170. The summed E-state index contributed by atoms with van der Waals surface area (Å²) in [6.07, 6.45) is -0.464. The van der Waals surface area contributed by atoms with E-state index in [0.717, 1.165) is 0 Å². The van der Waals surface area contributed by atoms with Gasteiger partial charge in [-0.05, 0) is 61.5 Å². The molecule has 4 N–H and O–H groups in total. The molecule has 5 amide bonds. The number of aliphatic hydroxyl groups is 1. The Hall–Kier alpha value is -4.77. The van der Waals surface area contributed by atoms with Crippen LogP contribution in [0.5, 0.6) is 11.5 Å². The largest absolute Gasteiger partial charge is 0.497 e. The molecule has 0 bridgehead atoms. The van der Waals surface area contributed by atoms with Gasteiger partial charge in [0.2, 0.25) is 0 Å². The molecule has 11 heteroatoms. The summed E-state index contributed by atoms with van der Waals surface area (Å²) in [7, 11) is 3.24. The number of nitrogens with one attached hydrogen (secondary N) is 3. The maximum atomic E-state index is 13.7. The second kappa shape index (κ2) is 13.7. The number of aliphatic hydroxyl groups excluding tert-OH is 1. The third kappa shape index (κ3) is 7.49. The number of carbonyl (C=O) groups excluding carboxylic acids is 3. The van der Waals surface area contributed by atoms with Crippen LogP contribution in [0.3, 0.4) is 0 Å². The molecule has 0 unspecified atom stereocenters. The number of ether oxygens (including phenoxy) is 2. The van der Waals surface area contributed by atoms with Crippen LogP contribution < -0.4 is 25.4 Å². The third-order valence-corrected chi connectivity index (χ3v) is 7.10. The van der Waals surface area contributed by atoms with Crippen LogP contribution >= 0.6 is 0 Å². The highest BCUT2D eigenvalue weighted by Gasteiger charge is 2.34. The highest BCUT2D eigenvalue weighted by atomic mass is 16.5. The predicted molar refractivity (Wildman–Crippen MR) is 161 cm³/mol. The number of hydrogen-bond donors (Lipinski definition) is 4. The van der Waals surface area contributed by atoms with Gasteiger partial charge in [-0.3, -0.25) is 4.79 Å². The average molecular weight is 576 g/mol. The molecule has 42 heavy (non-hydrogen) atoms. The van der Waals surface area contributed by atoms with E-state index >= 15 is 0 Å². The van der Waals surface area contributed by atoms with Crippen LogP contribution in [0.25, 0.3) is 0 Å². The monoisotopic (exact) mass is 575 g/mol. The number of methoxy groups -OCH3 is 1. The van der Waals surface area contributed by atoms with E-state index in [0.29, 0.717) is 35.1 Å². The van der Waals surface area contributed by atoms with Gasteiger partial charge in [-0.1, -0.05) is 25.1 Å². The van der Waals surface area contributed by atoms with E-state index in [-0.39, 0.29) is 36.6 Å². The van der Waals surface area contributed by atoms with Crippen molar-refractivity contribution in [1.82, 2.24) is 9.80 Å². The summed E-state index contributed by atoms with van der Waals surface area (Å²) in [6.45, 7) is 4.04. The lowest BCUT2D eigenvalue weighted by molar-refractivity contribution is 0.0371. The highest BCUT2D eigenvalue weighted by Crippen LogP contribution is 2.31. The first-order chi connectivity index (χ1) is 20.2. The number of nitrogens with zero attached hydrogens (tertiary/aromatic N) is 2. The Bertz CT molecular complexity index is 1380. The summed E-state index contributed by atoms with van der Waals surface area (Å²) in [4.78, 5) is 42.4. The molecule has 3 aromatic rings. The standard InChI is InChI=1S/C31H37N5O6/c1-20-17-36(21(2)19-37)29(38)26-16-24(33-30(39)32-23-10-13-25(41-4)14-11-23)12-15-27(26)42-28(20)18-35(3)31(40)34-22-8-6-5-7-9-22/h5-16,20-21,28,37H,17-19H2,1-4H3,(H,34,40)(H2,32,33,39)/t20-,21+,28-/m1/s1. The summed E-state index contributed by atoms with van der Waals surface area (Å²) in [6, 6.07) is 19.6. The number of likely N-dealkylation sites (N-methyl/N-ethyl adjacent to an activating group) is 1. The van der Waals surface area contributed by atoms with E-state index in [1.807, 2.05) is 25.1 Å². The van der Waals surface area contributed by atoms with Crippen molar-refractivity contribution in [2.24, 2.45) is 5.92 Å². The number of fused-ring (bicyclic) bond motifs is 1. The number of rotatable bonds is 8. The smallest absolute Gasteiger partial charge is 0.323 e. The first kappa shape index (κ1) is 30.2. The van der Waals surface area contributed by atoms with Gasteiger partial charge in [-0.15, -0.1) is 0 Å². The molecule has 222 valence electrons. The molecule has 0 fully saturated rings.